The number of ether oxygens (including phenoxy) is 3. The van der Waals surface area contributed by atoms with Crippen molar-refractivity contribution in [3.05, 3.63) is 60.0 Å². The van der Waals surface area contributed by atoms with Gasteiger partial charge in [0.05, 0.1) is 32.7 Å². The van der Waals surface area contributed by atoms with E-state index in [4.69, 9.17) is 14.2 Å². The molecule has 34 heavy (non-hydrogen) atoms. The Labute approximate surface area is 191 Å². The molecule has 2 aromatic carbocycles. The van der Waals surface area contributed by atoms with Crippen molar-refractivity contribution in [1.82, 2.24) is 19.6 Å². The Balaban J connectivity index is 1.76. The molecule has 0 atom stereocenters. The molecule has 1 amide bonds. The Kier molecular flexibility index (Phi) is 5.97. The van der Waals surface area contributed by atoms with E-state index in [1.165, 1.54) is 27.4 Å². The fourth-order valence-corrected chi connectivity index (χ4v) is 3.17. The van der Waals surface area contributed by atoms with Crippen LogP contribution in [0.4, 0.5) is 18.9 Å². The molecule has 0 aliphatic heterocycles. The molecule has 0 aliphatic carbocycles. The first-order chi connectivity index (χ1) is 16.2. The van der Waals surface area contributed by atoms with Gasteiger partial charge in [0.1, 0.15) is 17.2 Å². The minimum absolute atomic E-state index is 0.0105. The zero-order valence-corrected chi connectivity index (χ0v) is 18.2. The number of hydrogen-bond acceptors (Lipinski definition) is 7. The minimum Gasteiger partial charge on any atom is -0.497 e. The fraction of sp³-hybridized carbons (Fsp3) is 0.182. The van der Waals surface area contributed by atoms with Crippen LogP contribution in [0.1, 0.15) is 16.3 Å². The van der Waals surface area contributed by atoms with Gasteiger partial charge in [-0.25, -0.2) is 4.98 Å². The van der Waals surface area contributed by atoms with Crippen molar-refractivity contribution in [2.75, 3.05) is 26.6 Å². The van der Waals surface area contributed by atoms with Gasteiger partial charge < -0.3 is 19.5 Å². The summed E-state index contributed by atoms with van der Waals surface area (Å²) in [5.74, 6) is -0.456. The molecule has 0 saturated heterocycles. The molecule has 4 rings (SSSR count). The van der Waals surface area contributed by atoms with E-state index >= 15 is 0 Å². The molecular weight excluding hydrogens is 455 g/mol. The van der Waals surface area contributed by atoms with Crippen LogP contribution in [0.15, 0.2) is 48.5 Å². The Hall–Kier alpha value is -4.35. The lowest BCUT2D eigenvalue weighted by Crippen LogP contribution is -2.16. The fourth-order valence-electron chi connectivity index (χ4n) is 3.17. The summed E-state index contributed by atoms with van der Waals surface area (Å²) in [6.07, 6.45) is -4.78. The van der Waals surface area contributed by atoms with Crippen molar-refractivity contribution in [2.24, 2.45) is 0 Å². The molecule has 2 heterocycles. The molecule has 176 valence electrons. The number of alkyl halides is 3. The summed E-state index contributed by atoms with van der Waals surface area (Å²) < 4.78 is 57.3. The number of nitrogens with zero attached hydrogens (tertiary/aromatic N) is 4. The summed E-state index contributed by atoms with van der Waals surface area (Å²) >= 11 is 0. The zero-order chi connectivity index (χ0) is 24.5. The van der Waals surface area contributed by atoms with Crippen LogP contribution in [0.2, 0.25) is 0 Å². The molecule has 2 aromatic heterocycles. The Morgan fingerprint density at radius 2 is 1.59 bits per heavy atom. The topological polar surface area (TPSA) is 99.9 Å². The number of anilines is 1. The highest BCUT2D eigenvalue weighted by Crippen LogP contribution is 2.33. The van der Waals surface area contributed by atoms with Gasteiger partial charge in [0.2, 0.25) is 5.82 Å². The third-order valence-corrected chi connectivity index (χ3v) is 4.85. The summed E-state index contributed by atoms with van der Waals surface area (Å²) in [4.78, 5) is 20.9. The molecule has 4 aromatic rings. The van der Waals surface area contributed by atoms with E-state index in [1.807, 2.05) is 0 Å². The smallest absolute Gasteiger partial charge is 0.433 e. The second-order valence-corrected chi connectivity index (χ2v) is 6.92. The molecule has 0 fully saturated rings. The Bertz CT molecular complexity index is 1350. The van der Waals surface area contributed by atoms with E-state index in [1.54, 1.807) is 36.4 Å². The van der Waals surface area contributed by atoms with E-state index in [-0.39, 0.29) is 17.2 Å². The zero-order valence-electron chi connectivity index (χ0n) is 18.2. The van der Waals surface area contributed by atoms with Crippen LogP contribution in [0, 0.1) is 0 Å². The van der Waals surface area contributed by atoms with Crippen LogP contribution < -0.4 is 19.5 Å². The number of benzene rings is 2. The number of nitrogens with one attached hydrogen (secondary N) is 1. The average molecular weight is 473 g/mol. The molecular formula is C22H18F3N5O4. The van der Waals surface area contributed by atoms with Crippen molar-refractivity contribution in [2.45, 2.75) is 6.18 Å². The highest BCUT2D eigenvalue weighted by molar-refractivity contribution is 6.02. The molecule has 0 aliphatic rings. The number of carbonyl (C=O) groups is 1. The molecule has 0 radical (unpaired) electrons. The number of amides is 1. The number of aromatic nitrogens is 4. The van der Waals surface area contributed by atoms with Gasteiger partial charge in [0.25, 0.3) is 11.7 Å². The van der Waals surface area contributed by atoms with Crippen molar-refractivity contribution in [3.8, 4) is 28.5 Å². The normalized spacial score (nSPS) is 11.4. The molecule has 0 spiro atoms. The number of carbonyl (C=O) groups excluding carboxylic acids is 1. The largest absolute Gasteiger partial charge is 0.497 e. The molecule has 0 bridgehead atoms. The Morgan fingerprint density at radius 1 is 0.912 bits per heavy atom. The third kappa shape index (κ3) is 4.42. The van der Waals surface area contributed by atoms with Crippen LogP contribution in [0.3, 0.4) is 0 Å². The van der Waals surface area contributed by atoms with Gasteiger partial charge in [0, 0.05) is 11.6 Å². The lowest BCUT2D eigenvalue weighted by atomic mass is 10.1. The lowest BCUT2D eigenvalue weighted by Gasteiger charge is -2.11. The maximum absolute atomic E-state index is 13.8. The summed E-state index contributed by atoms with van der Waals surface area (Å²) in [6.45, 7) is 0. The quantitative estimate of drug-likeness (QED) is 0.450. The van der Waals surface area contributed by atoms with Crippen molar-refractivity contribution in [3.63, 3.8) is 0 Å². The van der Waals surface area contributed by atoms with E-state index in [2.05, 4.69) is 20.4 Å². The van der Waals surface area contributed by atoms with Gasteiger partial charge in [-0.3, -0.25) is 4.79 Å². The molecule has 12 heteroatoms. The SMILES string of the molecule is COc1ccc(-c2cc(C(F)(F)F)n3nc(C(=O)Nc4cc(OC)ccc4OC)nc3n2)cc1. The Morgan fingerprint density at radius 3 is 2.21 bits per heavy atom. The van der Waals surface area contributed by atoms with Crippen LogP contribution in [0.5, 0.6) is 17.2 Å². The van der Waals surface area contributed by atoms with Crippen molar-refractivity contribution < 1.29 is 32.2 Å². The first kappa shape index (κ1) is 22.8. The van der Waals surface area contributed by atoms with Crippen molar-refractivity contribution >= 4 is 17.4 Å². The second kappa shape index (κ2) is 8.89. The van der Waals surface area contributed by atoms with E-state index in [0.717, 1.165) is 6.07 Å². The average Bonchev–Trinajstić information content (AvgIpc) is 3.27. The van der Waals surface area contributed by atoms with Crippen LogP contribution >= 0.6 is 0 Å². The predicted molar refractivity (Wildman–Crippen MR) is 115 cm³/mol. The van der Waals surface area contributed by atoms with Gasteiger partial charge in [0.15, 0.2) is 5.69 Å². The highest BCUT2D eigenvalue weighted by atomic mass is 19.4. The standard InChI is InChI=1S/C22H18F3N5O4/c1-32-13-6-4-12(5-7-13)15-11-18(22(23,24)25)30-21(27-15)28-19(29-30)20(31)26-16-10-14(33-2)8-9-17(16)34-3/h4-11H,1-3H3,(H,26,31). The van der Waals surface area contributed by atoms with E-state index < -0.39 is 23.6 Å². The monoisotopic (exact) mass is 473 g/mol. The van der Waals surface area contributed by atoms with Gasteiger partial charge in [-0.15, -0.1) is 5.10 Å². The molecule has 9 nitrogen and oxygen atoms in total. The predicted octanol–water partition coefficient (Wildman–Crippen LogP) is 4.09. The first-order valence-corrected chi connectivity index (χ1v) is 9.76. The lowest BCUT2D eigenvalue weighted by molar-refractivity contribution is -0.142. The minimum atomic E-state index is -4.78. The summed E-state index contributed by atoms with van der Waals surface area (Å²) in [6, 6.07) is 11.9. The van der Waals surface area contributed by atoms with Crippen molar-refractivity contribution in [1.29, 1.82) is 0 Å². The van der Waals surface area contributed by atoms with Gasteiger partial charge in [-0.1, -0.05) is 0 Å². The van der Waals surface area contributed by atoms with Gasteiger partial charge >= 0.3 is 6.18 Å². The van der Waals surface area contributed by atoms with Gasteiger partial charge in [-0.2, -0.15) is 22.7 Å². The van der Waals surface area contributed by atoms with Crippen LogP contribution in [-0.2, 0) is 6.18 Å². The third-order valence-electron chi connectivity index (χ3n) is 4.85. The summed E-state index contributed by atoms with van der Waals surface area (Å²) in [7, 11) is 4.33. The maximum Gasteiger partial charge on any atom is 0.433 e. The number of halogens is 3. The van der Waals surface area contributed by atoms with Crippen LogP contribution in [0.25, 0.3) is 17.0 Å². The second-order valence-electron chi connectivity index (χ2n) is 6.92. The van der Waals surface area contributed by atoms with E-state index in [0.29, 0.717) is 27.3 Å². The number of rotatable bonds is 6. The summed E-state index contributed by atoms with van der Waals surface area (Å²) in [5, 5.41) is 6.28. The number of hydrogen-bond donors (Lipinski definition) is 1. The van der Waals surface area contributed by atoms with E-state index in [9.17, 15) is 18.0 Å². The summed E-state index contributed by atoms with van der Waals surface area (Å²) in [5.41, 5.74) is -0.484. The molecule has 0 unspecified atom stereocenters. The first-order valence-electron chi connectivity index (χ1n) is 9.76. The highest BCUT2D eigenvalue weighted by Gasteiger charge is 2.36. The number of fused-ring (bicyclic) bond motifs is 1. The molecule has 0 saturated carbocycles. The molecule has 1 N–H and O–H groups in total. The maximum atomic E-state index is 13.8. The number of methoxy groups -OCH3 is 3. The van der Waals surface area contributed by atoms with Crippen LogP contribution in [-0.4, -0.2) is 46.8 Å². The van der Waals surface area contributed by atoms with Gasteiger partial charge in [-0.05, 0) is 42.5 Å².